The standard InChI is InChI=1S/3C8H16N2O4S2.4C7H14N2O4S2.CH4/c3*1-13-7(11)5(9)3-15-16-4-6(10)8(12)14-2;4*1-13-7(12)5(9)3-15-14-2-4(8)6(10)11;/h3*5-6H,3-4,9-10H2,1-2H3;4*4-5H,2-3,8-9H2,1H3,(H,10,11);1H4/t5-,6+;2*5-,6-;2*4-,5+;2*4-,5-;/m.101010./s1. The molecular formula is C53H108N14O28S14. The summed E-state index contributed by atoms with van der Waals surface area (Å²) in [7, 11) is 31.2. The van der Waals surface area contributed by atoms with Crippen molar-refractivity contribution in [1.29, 1.82) is 0 Å². The molecule has 0 spiro atoms. The first-order chi connectivity index (χ1) is 50.5. The molecule has 109 heavy (non-hydrogen) atoms. The van der Waals surface area contributed by atoms with Crippen LogP contribution in [0.1, 0.15) is 7.43 Å². The number of esters is 10. The zero-order valence-electron chi connectivity index (χ0n) is 60.4. The molecule has 42 nitrogen and oxygen atoms in total. The third-order valence-corrected chi connectivity index (χ3v) is 27.7. The van der Waals surface area contributed by atoms with Gasteiger partial charge in [-0.2, -0.15) is 0 Å². The van der Waals surface area contributed by atoms with Gasteiger partial charge in [-0.25, -0.2) is 0 Å². The quantitative estimate of drug-likeness (QED) is 0.0119. The van der Waals surface area contributed by atoms with Crippen molar-refractivity contribution < 1.29 is 135 Å². The highest BCUT2D eigenvalue weighted by atomic mass is 33.1. The molecule has 56 heteroatoms. The predicted molar refractivity (Wildman–Crippen MR) is 444 cm³/mol. The van der Waals surface area contributed by atoms with Crippen LogP contribution in [0.5, 0.6) is 0 Å². The fourth-order valence-electron chi connectivity index (χ4n) is 4.18. The molecule has 0 saturated carbocycles. The molecule has 0 unspecified atom stereocenters. The summed E-state index contributed by atoms with van der Waals surface area (Å²) < 4.78 is 44.5. The van der Waals surface area contributed by atoms with E-state index in [9.17, 15) is 67.1 Å². The number of methoxy groups -OCH3 is 10. The summed E-state index contributed by atoms with van der Waals surface area (Å²) in [5, 5.41) is 33.9. The number of ether oxygens (including phenoxy) is 10. The second-order valence-electron chi connectivity index (χ2n) is 19.1. The van der Waals surface area contributed by atoms with E-state index in [0.717, 1.165) is 0 Å². The van der Waals surface area contributed by atoms with E-state index in [2.05, 4.69) is 47.4 Å². The normalized spacial score (nSPS) is 14.1. The average molecular weight is 1840 g/mol. The predicted octanol–water partition coefficient (Wildman–Crippen LogP) is -4.14. The molecule has 642 valence electrons. The van der Waals surface area contributed by atoms with E-state index in [1.54, 1.807) is 0 Å². The van der Waals surface area contributed by atoms with Gasteiger partial charge in [0, 0.05) is 80.5 Å². The van der Waals surface area contributed by atoms with Crippen LogP contribution in [0.25, 0.3) is 0 Å². The Morgan fingerprint density at radius 3 is 0.303 bits per heavy atom. The van der Waals surface area contributed by atoms with Gasteiger partial charge in [0.25, 0.3) is 0 Å². The first-order valence-corrected chi connectivity index (χ1v) is 46.9. The number of hydrogen-bond donors (Lipinski definition) is 18. The van der Waals surface area contributed by atoms with Crippen LogP contribution >= 0.6 is 151 Å². The Bertz CT molecular complexity index is 2180. The third kappa shape index (κ3) is 74.8. The summed E-state index contributed by atoms with van der Waals surface area (Å²) in [4.78, 5) is 150. The van der Waals surface area contributed by atoms with Crippen LogP contribution in [0, 0.1) is 0 Å². The van der Waals surface area contributed by atoms with E-state index in [1.165, 1.54) is 222 Å². The number of carboxylic acids is 4. The highest BCUT2D eigenvalue weighted by molar-refractivity contribution is 8.78. The number of hydrogen-bond acceptors (Lipinski definition) is 52. The van der Waals surface area contributed by atoms with Gasteiger partial charge in [-0.1, -0.05) is 159 Å². The lowest BCUT2D eigenvalue weighted by Crippen LogP contribution is -2.34. The second-order valence-corrected chi connectivity index (χ2v) is 36.9. The number of carbonyl (C=O) groups excluding carboxylic acids is 10. The Morgan fingerprint density at radius 2 is 0.248 bits per heavy atom. The van der Waals surface area contributed by atoms with Crippen LogP contribution in [-0.2, 0) is 114 Å². The fourth-order valence-corrected chi connectivity index (χ4v) is 19.7. The number of nitrogens with two attached hydrogens (primary N) is 14. The van der Waals surface area contributed by atoms with Gasteiger partial charge in [-0.15, -0.1) is 0 Å². The van der Waals surface area contributed by atoms with Crippen molar-refractivity contribution in [3.05, 3.63) is 0 Å². The van der Waals surface area contributed by atoms with E-state index in [0.29, 0.717) is 57.5 Å². The van der Waals surface area contributed by atoms with E-state index >= 15 is 0 Å². The lowest BCUT2D eigenvalue weighted by Gasteiger charge is -2.10. The van der Waals surface area contributed by atoms with Crippen molar-refractivity contribution in [3.63, 3.8) is 0 Å². The molecule has 0 rings (SSSR count). The molecular weight excluding hydrogens is 1730 g/mol. The molecule has 0 aromatic rings. The summed E-state index contributed by atoms with van der Waals surface area (Å²) >= 11 is 0. The summed E-state index contributed by atoms with van der Waals surface area (Å²) in [5.41, 5.74) is 75.8. The van der Waals surface area contributed by atoms with Crippen molar-refractivity contribution in [1.82, 2.24) is 0 Å². The molecule has 0 aliphatic rings. The van der Waals surface area contributed by atoms with Crippen molar-refractivity contribution in [2.45, 2.75) is 92.0 Å². The van der Waals surface area contributed by atoms with Gasteiger partial charge in [0.1, 0.15) is 84.6 Å². The van der Waals surface area contributed by atoms with Crippen molar-refractivity contribution in [2.75, 3.05) is 152 Å². The minimum absolute atomic E-state index is 0. The zero-order valence-corrected chi connectivity index (χ0v) is 71.8. The van der Waals surface area contributed by atoms with Gasteiger partial charge in [-0.3, -0.25) is 67.1 Å². The zero-order chi connectivity index (χ0) is 85.0. The van der Waals surface area contributed by atoms with Gasteiger partial charge in [0.15, 0.2) is 0 Å². The first kappa shape index (κ1) is 122. The van der Waals surface area contributed by atoms with E-state index in [4.69, 9.17) is 101 Å². The Morgan fingerprint density at radius 1 is 0.183 bits per heavy atom. The number of carbonyl (C=O) groups is 14. The maximum atomic E-state index is 10.9. The van der Waals surface area contributed by atoms with Gasteiger partial charge in [0.05, 0.1) is 71.1 Å². The van der Waals surface area contributed by atoms with E-state index < -0.39 is 168 Å². The Balaban J connectivity index is -0.000000182. The average Bonchev–Trinajstić information content (AvgIpc) is 0.994. The maximum Gasteiger partial charge on any atom is 0.323 e. The van der Waals surface area contributed by atoms with Crippen LogP contribution in [0.15, 0.2) is 0 Å². The lowest BCUT2D eigenvalue weighted by molar-refractivity contribution is -0.142. The molecule has 0 radical (unpaired) electrons. The summed E-state index contributed by atoms with van der Waals surface area (Å²) in [6, 6.07) is -10.2. The van der Waals surface area contributed by atoms with Crippen LogP contribution in [-0.4, -0.2) is 340 Å². The minimum Gasteiger partial charge on any atom is -0.480 e. The molecule has 32 N–H and O–H groups in total. The number of carboxylic acid groups (broad SMARTS) is 4. The maximum absolute atomic E-state index is 10.9. The first-order valence-electron chi connectivity index (χ1n) is 29.5. The summed E-state index contributed by atoms with van der Waals surface area (Å²) in [6.45, 7) is 0. The smallest absolute Gasteiger partial charge is 0.323 e. The summed E-state index contributed by atoms with van der Waals surface area (Å²) in [5.74, 6) is -3.82. The lowest BCUT2D eigenvalue weighted by atomic mass is 10.4. The van der Waals surface area contributed by atoms with E-state index in [-0.39, 0.29) is 30.4 Å². The molecule has 0 aliphatic carbocycles. The van der Waals surface area contributed by atoms with Crippen molar-refractivity contribution in [3.8, 4) is 0 Å². The minimum atomic E-state index is -1.04. The topological polar surface area (TPSA) is 776 Å². The van der Waals surface area contributed by atoms with Crippen LogP contribution in [0.3, 0.4) is 0 Å². The third-order valence-electron chi connectivity index (χ3n) is 10.4. The highest BCUT2D eigenvalue weighted by Gasteiger charge is 2.23. The van der Waals surface area contributed by atoms with Crippen LogP contribution in [0.2, 0.25) is 0 Å². The number of aliphatic carboxylic acids is 4. The SMILES string of the molecule is C.COC(=O)[C@@H](N)CSSC[C@@H](N)C(=O)O.COC(=O)[C@@H](N)CSSC[C@H](N)C(=O)O.COC(=O)[C@@H](N)CSSC[C@H](N)C(=O)OC.COC(=O)[C@H](N)CSSC[C@@H](N)C(=O)O.COC(=O)[C@H](N)CSSC[C@@H](N)C(=O)OC.COC(=O)[C@H](N)CSSC[C@H](N)C(=O)O.COC(=O)[C@H](N)CSSC[C@H](N)C(=O)OC. The van der Waals surface area contributed by atoms with Gasteiger partial charge in [-0.05, 0) is 0 Å². The molecule has 0 heterocycles. The molecule has 0 saturated heterocycles. The van der Waals surface area contributed by atoms with Gasteiger partial charge in [0.2, 0.25) is 0 Å². The molecule has 0 aliphatic heterocycles. The van der Waals surface area contributed by atoms with Gasteiger partial charge < -0.3 is 148 Å². The molecule has 0 amide bonds. The molecule has 0 aromatic carbocycles. The Kier molecular flexibility index (Phi) is 89.4. The monoisotopic (exact) mass is 1840 g/mol. The summed E-state index contributed by atoms with van der Waals surface area (Å²) in [6.07, 6.45) is 0. The van der Waals surface area contributed by atoms with E-state index in [1.807, 2.05) is 0 Å². The van der Waals surface area contributed by atoms with Crippen molar-refractivity contribution >= 4 is 235 Å². The Hall–Kier alpha value is -3.08. The Labute approximate surface area is 688 Å². The second kappa shape index (κ2) is 80.1. The van der Waals surface area contributed by atoms with Crippen LogP contribution < -0.4 is 80.3 Å². The van der Waals surface area contributed by atoms with Crippen molar-refractivity contribution in [2.24, 2.45) is 80.3 Å². The van der Waals surface area contributed by atoms with Gasteiger partial charge >= 0.3 is 83.6 Å². The highest BCUT2D eigenvalue weighted by Crippen LogP contribution is 2.27. The molecule has 14 atom stereocenters. The molecule has 0 bridgehead atoms. The molecule has 0 aromatic heterocycles. The molecule has 0 fully saturated rings. The largest absolute Gasteiger partial charge is 0.480 e. The van der Waals surface area contributed by atoms with Crippen LogP contribution in [0.4, 0.5) is 0 Å². The number of rotatable bonds is 49. The fraction of sp³-hybridized carbons (Fsp3) is 0.736.